The molecule has 1 aliphatic rings. The molecular weight excluding hydrogens is 182 g/mol. The van der Waals surface area contributed by atoms with E-state index in [4.69, 9.17) is 5.11 Å². The lowest BCUT2D eigenvalue weighted by molar-refractivity contribution is -0.143. The second-order valence-corrected chi connectivity index (χ2v) is 4.39. The number of rotatable bonds is 4. The van der Waals surface area contributed by atoms with Crippen molar-refractivity contribution in [3.63, 3.8) is 0 Å². The zero-order chi connectivity index (χ0) is 10.9. The van der Waals surface area contributed by atoms with Gasteiger partial charge in [-0.1, -0.05) is 20.8 Å². The molecule has 1 aliphatic carbocycles. The summed E-state index contributed by atoms with van der Waals surface area (Å²) in [5, 5.41) is 11.4. The van der Waals surface area contributed by atoms with Crippen LogP contribution in [0, 0.1) is 17.8 Å². The van der Waals surface area contributed by atoms with Crippen LogP contribution in [0.2, 0.25) is 0 Å². The lowest BCUT2D eigenvalue weighted by Crippen LogP contribution is -2.45. The molecule has 1 saturated carbocycles. The molecule has 1 rings (SSSR count). The average Bonchev–Trinajstić information content (AvgIpc) is 2.76. The van der Waals surface area contributed by atoms with Crippen molar-refractivity contribution in [1.82, 2.24) is 5.32 Å². The third-order valence-electron chi connectivity index (χ3n) is 2.68. The summed E-state index contributed by atoms with van der Waals surface area (Å²) in [5.74, 6) is -0.696. The third-order valence-corrected chi connectivity index (χ3v) is 2.68. The molecule has 0 radical (unpaired) electrons. The van der Waals surface area contributed by atoms with Gasteiger partial charge in [-0.15, -0.1) is 0 Å². The van der Waals surface area contributed by atoms with Gasteiger partial charge in [0.15, 0.2) is 0 Å². The van der Waals surface area contributed by atoms with Crippen LogP contribution in [0.1, 0.15) is 27.2 Å². The molecule has 2 N–H and O–H groups in total. The molecule has 14 heavy (non-hydrogen) atoms. The van der Waals surface area contributed by atoms with Gasteiger partial charge in [-0.25, -0.2) is 4.79 Å². The monoisotopic (exact) mass is 199 g/mol. The molecule has 0 aliphatic heterocycles. The van der Waals surface area contributed by atoms with E-state index < -0.39 is 12.0 Å². The predicted molar refractivity (Wildman–Crippen MR) is 51.7 cm³/mol. The van der Waals surface area contributed by atoms with Crippen LogP contribution in [0.5, 0.6) is 0 Å². The van der Waals surface area contributed by atoms with Crippen molar-refractivity contribution in [1.29, 1.82) is 0 Å². The van der Waals surface area contributed by atoms with Crippen molar-refractivity contribution >= 4 is 11.9 Å². The minimum atomic E-state index is -0.957. The van der Waals surface area contributed by atoms with Gasteiger partial charge in [0.2, 0.25) is 5.91 Å². The highest BCUT2D eigenvalue weighted by Crippen LogP contribution is 2.37. The highest BCUT2D eigenvalue weighted by Gasteiger charge is 2.40. The number of carbonyl (C=O) groups excluding carboxylic acids is 1. The highest BCUT2D eigenvalue weighted by atomic mass is 16.4. The van der Waals surface area contributed by atoms with Gasteiger partial charge in [0, 0.05) is 5.92 Å². The molecule has 0 aromatic heterocycles. The average molecular weight is 199 g/mol. The smallest absolute Gasteiger partial charge is 0.326 e. The van der Waals surface area contributed by atoms with E-state index in [-0.39, 0.29) is 17.7 Å². The molecule has 1 amide bonds. The molecule has 2 unspecified atom stereocenters. The molecular formula is C10H17NO3. The summed E-state index contributed by atoms with van der Waals surface area (Å²) in [5.41, 5.74) is 0. The fourth-order valence-corrected chi connectivity index (χ4v) is 1.46. The van der Waals surface area contributed by atoms with Gasteiger partial charge >= 0.3 is 5.97 Å². The highest BCUT2D eigenvalue weighted by molar-refractivity contribution is 5.86. The predicted octanol–water partition coefficient (Wildman–Crippen LogP) is 0.868. The number of hydrogen-bond donors (Lipinski definition) is 2. The van der Waals surface area contributed by atoms with Crippen molar-refractivity contribution in [3.8, 4) is 0 Å². The van der Waals surface area contributed by atoms with Crippen LogP contribution in [0.25, 0.3) is 0 Å². The first-order valence-corrected chi connectivity index (χ1v) is 4.96. The molecule has 0 aromatic carbocycles. The van der Waals surface area contributed by atoms with Crippen LogP contribution >= 0.6 is 0 Å². The second-order valence-electron chi connectivity index (χ2n) is 4.39. The molecule has 0 heterocycles. The van der Waals surface area contributed by atoms with Crippen LogP contribution in [0.3, 0.4) is 0 Å². The topological polar surface area (TPSA) is 66.4 Å². The zero-order valence-corrected chi connectivity index (χ0v) is 8.78. The maximum atomic E-state index is 11.5. The Balaban J connectivity index is 2.47. The van der Waals surface area contributed by atoms with Crippen molar-refractivity contribution in [2.75, 3.05) is 0 Å². The van der Waals surface area contributed by atoms with Crippen LogP contribution in [-0.2, 0) is 9.59 Å². The zero-order valence-electron chi connectivity index (χ0n) is 8.78. The van der Waals surface area contributed by atoms with E-state index in [9.17, 15) is 9.59 Å². The maximum Gasteiger partial charge on any atom is 0.326 e. The standard InChI is InChI=1S/C10H17NO3/c1-5(2)8(10(13)14)11-9(12)7-4-6(7)3/h5-8H,4H2,1-3H3,(H,11,12)(H,13,14)/t6?,7?,8-/m0/s1. The number of amides is 1. The Morgan fingerprint density at radius 2 is 1.93 bits per heavy atom. The van der Waals surface area contributed by atoms with Gasteiger partial charge < -0.3 is 10.4 Å². The van der Waals surface area contributed by atoms with E-state index in [1.807, 2.05) is 6.92 Å². The van der Waals surface area contributed by atoms with Crippen LogP contribution in [0.15, 0.2) is 0 Å². The summed E-state index contributed by atoms with van der Waals surface area (Å²) in [6.07, 6.45) is 0.885. The van der Waals surface area contributed by atoms with E-state index in [2.05, 4.69) is 5.32 Å². The van der Waals surface area contributed by atoms with E-state index in [1.54, 1.807) is 13.8 Å². The third kappa shape index (κ3) is 2.47. The number of nitrogens with one attached hydrogen (secondary N) is 1. The summed E-state index contributed by atoms with van der Waals surface area (Å²) >= 11 is 0. The van der Waals surface area contributed by atoms with E-state index in [0.717, 1.165) is 6.42 Å². The minimum absolute atomic E-state index is 0.0376. The molecule has 4 heteroatoms. The summed E-state index contributed by atoms with van der Waals surface area (Å²) in [6.45, 7) is 5.57. The number of aliphatic carboxylic acids is 1. The summed E-state index contributed by atoms with van der Waals surface area (Å²) < 4.78 is 0. The Morgan fingerprint density at radius 3 is 2.21 bits per heavy atom. The fraction of sp³-hybridized carbons (Fsp3) is 0.800. The Kier molecular flexibility index (Phi) is 3.13. The molecule has 0 bridgehead atoms. The van der Waals surface area contributed by atoms with Crippen molar-refractivity contribution in [2.24, 2.45) is 17.8 Å². The molecule has 0 spiro atoms. The number of carboxylic acids is 1. The SMILES string of the molecule is CC1CC1C(=O)N[C@H](C(=O)O)C(C)C. The lowest BCUT2D eigenvalue weighted by Gasteiger charge is -2.17. The van der Waals surface area contributed by atoms with Gasteiger partial charge in [0.1, 0.15) is 6.04 Å². The first-order valence-electron chi connectivity index (χ1n) is 4.96. The molecule has 0 saturated heterocycles. The van der Waals surface area contributed by atoms with Gasteiger partial charge in [-0.3, -0.25) is 4.79 Å². The number of hydrogen-bond acceptors (Lipinski definition) is 2. The van der Waals surface area contributed by atoms with Crippen LogP contribution in [0.4, 0.5) is 0 Å². The number of carbonyl (C=O) groups is 2. The quantitative estimate of drug-likeness (QED) is 0.706. The van der Waals surface area contributed by atoms with Gasteiger partial charge in [-0.2, -0.15) is 0 Å². The maximum absolute atomic E-state index is 11.5. The normalized spacial score (nSPS) is 27.1. The molecule has 80 valence electrons. The first kappa shape index (κ1) is 11.0. The van der Waals surface area contributed by atoms with E-state index >= 15 is 0 Å². The van der Waals surface area contributed by atoms with Crippen molar-refractivity contribution in [2.45, 2.75) is 33.2 Å². The molecule has 4 nitrogen and oxygen atoms in total. The van der Waals surface area contributed by atoms with Crippen LogP contribution < -0.4 is 5.32 Å². The summed E-state index contributed by atoms with van der Waals surface area (Å²) in [4.78, 5) is 22.2. The van der Waals surface area contributed by atoms with Crippen molar-refractivity contribution < 1.29 is 14.7 Å². The van der Waals surface area contributed by atoms with Gasteiger partial charge in [-0.05, 0) is 18.3 Å². The molecule has 0 aromatic rings. The Labute approximate surface area is 83.7 Å². The Hall–Kier alpha value is -1.06. The first-order chi connectivity index (χ1) is 6.43. The van der Waals surface area contributed by atoms with Crippen LogP contribution in [-0.4, -0.2) is 23.0 Å². The van der Waals surface area contributed by atoms with E-state index in [0.29, 0.717) is 5.92 Å². The van der Waals surface area contributed by atoms with E-state index in [1.165, 1.54) is 0 Å². The lowest BCUT2D eigenvalue weighted by atomic mass is 10.0. The molecule has 3 atom stereocenters. The Morgan fingerprint density at radius 1 is 1.43 bits per heavy atom. The molecule has 1 fully saturated rings. The summed E-state index contributed by atoms with van der Waals surface area (Å²) in [6, 6.07) is -0.754. The minimum Gasteiger partial charge on any atom is -0.480 e. The largest absolute Gasteiger partial charge is 0.480 e. The second kappa shape index (κ2) is 3.98. The summed E-state index contributed by atoms with van der Waals surface area (Å²) in [7, 11) is 0. The van der Waals surface area contributed by atoms with Gasteiger partial charge in [0.25, 0.3) is 0 Å². The van der Waals surface area contributed by atoms with Crippen molar-refractivity contribution in [3.05, 3.63) is 0 Å². The number of carboxylic acid groups (broad SMARTS) is 1. The fourth-order valence-electron chi connectivity index (χ4n) is 1.46. The van der Waals surface area contributed by atoms with Gasteiger partial charge in [0.05, 0.1) is 0 Å². The Bertz CT molecular complexity index is 250.